The first-order valence-electron chi connectivity index (χ1n) is 43.7. The van der Waals surface area contributed by atoms with Gasteiger partial charge in [0.2, 0.25) is 40.1 Å². The topological polar surface area (TPSA) is 260 Å². The lowest BCUT2D eigenvalue weighted by Gasteiger charge is -2.30. The van der Waals surface area contributed by atoms with Crippen molar-refractivity contribution in [2.75, 3.05) is 85.3 Å². The van der Waals surface area contributed by atoms with Crippen molar-refractivity contribution < 1.29 is 90.5 Å². The number of sulfonamides is 4. The third kappa shape index (κ3) is 32.2. The van der Waals surface area contributed by atoms with Gasteiger partial charge in [-0.25, -0.2) is 33.7 Å². The second-order valence-corrected chi connectivity index (χ2v) is 48.4. The van der Waals surface area contributed by atoms with E-state index in [1.165, 1.54) is 45.7 Å². The van der Waals surface area contributed by atoms with E-state index in [4.69, 9.17) is 56.8 Å². The minimum Gasteiger partial charge on any atom is -0.497 e. The maximum Gasteiger partial charge on any atom is 0.220 e. The summed E-state index contributed by atoms with van der Waals surface area (Å²) in [6, 6.07) is 81.7. The van der Waals surface area contributed by atoms with Crippen molar-refractivity contribution in [2.45, 2.75) is 125 Å². The van der Waals surface area contributed by atoms with Gasteiger partial charge in [0.25, 0.3) is 0 Å². The molecule has 0 aliphatic carbocycles. The number of rotatable bonds is 44. The Bertz CT molecular complexity index is 5450. The van der Waals surface area contributed by atoms with E-state index >= 15 is 0 Å². The monoisotopic (exact) mass is 2500 g/mol. The average Bonchev–Trinajstić information content (AvgIpc) is 0.796. The highest BCUT2D eigenvalue weighted by atomic mass is 79.9. The zero-order valence-corrected chi connectivity index (χ0v) is 96.2. The average molecular weight is 2510 g/mol. The standard InChI is InChI=1S/4C26H29Br2NO5S/c4*1-18(26(34-4)24-14-9-21(27)15-25(24)28)35(30,31)29(16-19-5-10-22(32-2)11-6-19)17-20-7-12-23(33-3)13-8-20/h4*5-15,18,26H,16-17H2,1-4H3/t2*18-,26+;2*18-,26-/m1010/s1. The van der Waals surface area contributed by atoms with Gasteiger partial charge < -0.3 is 56.8 Å². The Kier molecular flexibility index (Phi) is 46.0. The first-order valence-corrected chi connectivity index (χ1v) is 56.0. The lowest BCUT2D eigenvalue weighted by atomic mass is 10.1. The van der Waals surface area contributed by atoms with E-state index in [1.54, 1.807) is 84.6 Å². The number of nitrogens with zero attached hydrogens (tertiary/aromatic N) is 4. The fourth-order valence-electron chi connectivity index (χ4n) is 15.2. The Morgan fingerprint density at radius 1 is 0.200 bits per heavy atom. The van der Waals surface area contributed by atoms with Gasteiger partial charge in [-0.15, -0.1) is 0 Å². The fraction of sp³-hybridized carbons (Fsp3) is 0.308. The second kappa shape index (κ2) is 55.6. The van der Waals surface area contributed by atoms with Crippen molar-refractivity contribution in [1.82, 2.24) is 17.2 Å². The molecule has 0 aromatic heterocycles. The third-order valence-electron chi connectivity index (χ3n) is 23.3. The van der Waals surface area contributed by atoms with Crippen LogP contribution in [0.4, 0.5) is 0 Å². The van der Waals surface area contributed by atoms with Crippen LogP contribution in [-0.4, -0.2) is 157 Å². The maximum absolute atomic E-state index is 14.0. The van der Waals surface area contributed by atoms with Crippen LogP contribution in [0, 0.1) is 0 Å². The summed E-state index contributed by atoms with van der Waals surface area (Å²) in [5, 5.41) is -3.38. The van der Waals surface area contributed by atoms with E-state index in [0.29, 0.717) is 46.0 Å². The van der Waals surface area contributed by atoms with Crippen LogP contribution in [0.5, 0.6) is 46.0 Å². The number of hydrogen-bond acceptors (Lipinski definition) is 20. The number of methoxy groups -OCH3 is 12. The molecule has 0 fully saturated rings. The number of hydrogen-bond donors (Lipinski definition) is 0. The van der Waals surface area contributed by atoms with Gasteiger partial charge in [-0.1, -0.05) is 249 Å². The molecule has 24 nitrogen and oxygen atoms in total. The van der Waals surface area contributed by atoms with Gasteiger partial charge >= 0.3 is 0 Å². The Hall–Kier alpha value is -7.64. The molecule has 12 rings (SSSR count). The third-order valence-corrected chi connectivity index (χ3v) is 36.6. The molecular weight excluding hydrogens is 2390 g/mol. The van der Waals surface area contributed by atoms with Crippen LogP contribution < -0.4 is 37.9 Å². The number of ether oxygens (including phenoxy) is 12. The number of halogens is 8. The molecule has 140 heavy (non-hydrogen) atoms. The molecule has 0 amide bonds. The first-order chi connectivity index (χ1) is 66.7. The van der Waals surface area contributed by atoms with Gasteiger partial charge in [0.05, 0.1) is 56.9 Å². The summed E-state index contributed by atoms with van der Waals surface area (Å²) < 4.78 is 190. The quantitative estimate of drug-likeness (QED) is 0.0343. The molecule has 12 aromatic rings. The molecule has 0 saturated heterocycles. The lowest BCUT2D eigenvalue weighted by Crippen LogP contribution is -2.40. The molecule has 12 aromatic carbocycles. The van der Waals surface area contributed by atoms with Gasteiger partial charge in [0.1, 0.15) is 91.4 Å². The molecule has 0 saturated carbocycles. The van der Waals surface area contributed by atoms with E-state index in [2.05, 4.69) is 127 Å². The minimum absolute atomic E-state index is 0.209. The molecule has 0 radical (unpaired) electrons. The van der Waals surface area contributed by atoms with E-state index in [-0.39, 0.29) is 52.4 Å². The van der Waals surface area contributed by atoms with Crippen LogP contribution in [0.3, 0.4) is 0 Å². The summed E-state index contributed by atoms with van der Waals surface area (Å²) in [6.07, 6.45) is -2.68. The zero-order chi connectivity index (χ0) is 102. The highest BCUT2D eigenvalue weighted by molar-refractivity contribution is 9.12. The zero-order valence-electron chi connectivity index (χ0n) is 80.3. The van der Waals surface area contributed by atoms with Crippen molar-refractivity contribution in [3.05, 3.63) is 369 Å². The van der Waals surface area contributed by atoms with E-state index < -0.39 is 85.5 Å². The molecule has 0 heterocycles. The lowest BCUT2D eigenvalue weighted by molar-refractivity contribution is 0.0997. The van der Waals surface area contributed by atoms with E-state index in [0.717, 1.165) is 103 Å². The molecule has 36 heteroatoms. The predicted molar refractivity (Wildman–Crippen MR) is 581 cm³/mol. The summed E-state index contributed by atoms with van der Waals surface area (Å²) >= 11 is 28.0. The first kappa shape index (κ1) is 116. The van der Waals surface area contributed by atoms with Crippen molar-refractivity contribution in [2.24, 2.45) is 0 Å². The second-order valence-electron chi connectivity index (χ2n) is 32.1. The summed E-state index contributed by atoms with van der Waals surface area (Å²) in [4.78, 5) is 0. The Morgan fingerprint density at radius 3 is 0.421 bits per heavy atom. The van der Waals surface area contributed by atoms with Crippen LogP contribution in [-0.2, 0) is 111 Å². The fourth-order valence-corrected chi connectivity index (χ4v) is 27.1. The highest BCUT2D eigenvalue weighted by Gasteiger charge is 2.42. The van der Waals surface area contributed by atoms with Crippen LogP contribution in [0.1, 0.15) is 119 Å². The molecule has 0 N–H and O–H groups in total. The van der Waals surface area contributed by atoms with Gasteiger partial charge in [0.15, 0.2) is 0 Å². The van der Waals surface area contributed by atoms with Crippen LogP contribution in [0.15, 0.2) is 303 Å². The number of benzene rings is 12. The van der Waals surface area contributed by atoms with Gasteiger partial charge in [-0.3, -0.25) is 0 Å². The molecule has 0 unspecified atom stereocenters. The minimum atomic E-state index is -3.80. The van der Waals surface area contributed by atoms with Crippen molar-refractivity contribution in [3.8, 4) is 46.0 Å². The molecule has 0 bridgehead atoms. The normalized spacial score (nSPS) is 13.5. The van der Waals surface area contributed by atoms with E-state index in [1.807, 2.05) is 267 Å². The summed E-state index contributed by atoms with van der Waals surface area (Å²) in [6.45, 7) is 8.42. The molecule has 0 spiro atoms. The van der Waals surface area contributed by atoms with Gasteiger partial charge in [-0.2, -0.15) is 17.2 Å². The summed E-state index contributed by atoms with van der Waals surface area (Å²) in [7, 11) is 3.71. The van der Waals surface area contributed by atoms with Crippen molar-refractivity contribution >= 4 is 168 Å². The maximum atomic E-state index is 14.0. The summed E-state index contributed by atoms with van der Waals surface area (Å²) in [5.41, 5.74) is 9.90. The SMILES string of the molecule is COc1ccc(CN(Cc2ccc(OC)cc2)S(=O)(=O)[C@@H](C)[C@@H](OC)c2ccc(Br)cc2Br)cc1.COc1ccc(CN(Cc2ccc(OC)cc2)S(=O)(=O)[C@@H](C)[C@H](OC)c2ccc(Br)cc2Br)cc1.COc1ccc(CN(Cc2ccc(OC)cc2)S(=O)(=O)[C@H](C)[C@@H](OC)c2ccc(Br)cc2Br)cc1.COc1ccc(CN(Cc2ccc(OC)cc2)S(=O)(=O)[C@H](C)[C@H](OC)c2ccc(Br)cc2Br)cc1. The van der Waals surface area contributed by atoms with Gasteiger partial charge in [-0.05, 0) is 240 Å². The predicted octanol–water partition coefficient (Wildman–Crippen LogP) is 25.3. The molecule has 752 valence electrons. The Labute approximate surface area is 892 Å². The Morgan fingerprint density at radius 2 is 0.321 bits per heavy atom. The van der Waals surface area contributed by atoms with E-state index in [9.17, 15) is 33.7 Å². The Balaban J connectivity index is 0.000000209. The van der Waals surface area contributed by atoms with Gasteiger partial charge in [0, 0.05) is 117 Å². The smallest absolute Gasteiger partial charge is 0.220 e. The molecular formula is C104H116Br8N4O20S4. The molecule has 0 aliphatic heterocycles. The molecule has 0 aliphatic rings. The summed E-state index contributed by atoms with van der Waals surface area (Å²) in [5.74, 6) is 5.71. The molecule has 8 atom stereocenters. The van der Waals surface area contributed by atoms with Crippen LogP contribution in [0.25, 0.3) is 0 Å². The largest absolute Gasteiger partial charge is 0.497 e. The van der Waals surface area contributed by atoms with Crippen LogP contribution >= 0.6 is 127 Å². The van der Waals surface area contributed by atoms with Crippen molar-refractivity contribution in [1.29, 1.82) is 0 Å². The highest BCUT2D eigenvalue weighted by Crippen LogP contribution is 2.42. The van der Waals surface area contributed by atoms with Crippen LogP contribution in [0.2, 0.25) is 0 Å². The van der Waals surface area contributed by atoms with Crippen molar-refractivity contribution in [3.63, 3.8) is 0 Å².